The lowest BCUT2D eigenvalue weighted by atomic mass is 9.82. The first kappa shape index (κ1) is 14.3. The van der Waals surface area contributed by atoms with Gasteiger partial charge in [0, 0.05) is 29.0 Å². The Hall–Kier alpha value is -2.62. The Morgan fingerprint density at radius 2 is 1.59 bits per heavy atom. The average molecular weight is 294 g/mol. The molecule has 0 saturated carbocycles. The fourth-order valence-electron chi connectivity index (χ4n) is 2.79. The molecular formula is C18H18N2O2. The van der Waals surface area contributed by atoms with E-state index in [-0.39, 0.29) is 11.6 Å². The van der Waals surface area contributed by atoms with Gasteiger partial charge in [-0.15, -0.1) is 0 Å². The molecule has 0 radical (unpaired) electrons. The van der Waals surface area contributed by atoms with E-state index in [1.165, 1.54) is 0 Å². The molecule has 0 saturated heterocycles. The second kappa shape index (κ2) is 5.64. The van der Waals surface area contributed by atoms with Crippen molar-refractivity contribution < 1.29 is 9.59 Å². The quantitative estimate of drug-likeness (QED) is 0.572. The molecule has 4 nitrogen and oxygen atoms in total. The number of nitrogens with two attached hydrogens (primary N) is 1. The molecule has 0 unspecified atom stereocenters. The van der Waals surface area contributed by atoms with Crippen LogP contribution in [0.4, 0.5) is 11.4 Å². The van der Waals surface area contributed by atoms with Crippen LogP contribution >= 0.6 is 0 Å². The number of nitrogen functional groups attached to an aromatic ring is 1. The van der Waals surface area contributed by atoms with E-state index in [2.05, 4.69) is 12.2 Å². The first-order valence-electron chi connectivity index (χ1n) is 7.50. The summed E-state index contributed by atoms with van der Waals surface area (Å²) in [5, 5.41) is 3.25. The summed E-state index contributed by atoms with van der Waals surface area (Å²) in [7, 11) is 0. The highest BCUT2D eigenvalue weighted by Gasteiger charge is 2.33. The number of fused-ring (bicyclic) bond motifs is 2. The first-order chi connectivity index (χ1) is 10.6. The zero-order valence-electron chi connectivity index (χ0n) is 12.5. The van der Waals surface area contributed by atoms with Gasteiger partial charge in [-0.05, 0) is 18.6 Å². The van der Waals surface area contributed by atoms with E-state index in [9.17, 15) is 9.59 Å². The smallest absolute Gasteiger partial charge is 0.196 e. The van der Waals surface area contributed by atoms with Crippen LogP contribution in [0.1, 0.15) is 51.6 Å². The second-order valence-electron chi connectivity index (χ2n) is 5.44. The summed E-state index contributed by atoms with van der Waals surface area (Å²) in [5.74, 6) is -0.321. The Bertz CT molecular complexity index is 766. The van der Waals surface area contributed by atoms with E-state index >= 15 is 0 Å². The number of anilines is 2. The molecule has 2 aromatic rings. The summed E-state index contributed by atoms with van der Waals surface area (Å²) in [4.78, 5) is 25.5. The van der Waals surface area contributed by atoms with Gasteiger partial charge in [0.25, 0.3) is 0 Å². The fourth-order valence-corrected chi connectivity index (χ4v) is 2.79. The van der Waals surface area contributed by atoms with Gasteiger partial charge in [-0.3, -0.25) is 9.59 Å². The second-order valence-corrected chi connectivity index (χ2v) is 5.44. The van der Waals surface area contributed by atoms with Gasteiger partial charge in [0.2, 0.25) is 0 Å². The van der Waals surface area contributed by atoms with Crippen molar-refractivity contribution in [1.29, 1.82) is 0 Å². The molecule has 0 aromatic heterocycles. The summed E-state index contributed by atoms with van der Waals surface area (Å²) >= 11 is 0. The SMILES string of the molecule is CCCCNc1ccc(N)c2c1C(=O)c1ccccc1C2=O. The van der Waals surface area contributed by atoms with Crippen LogP contribution in [-0.4, -0.2) is 18.1 Å². The Labute approximate surface area is 129 Å². The standard InChI is InChI=1S/C18H18N2O2/c1-2-3-10-20-14-9-8-13(19)15-16(14)18(22)12-7-5-4-6-11(12)17(15)21/h4-9,20H,2-3,10,19H2,1H3. The number of benzene rings is 2. The molecule has 1 aliphatic carbocycles. The highest BCUT2D eigenvalue weighted by atomic mass is 16.1. The van der Waals surface area contributed by atoms with Crippen molar-refractivity contribution in [2.75, 3.05) is 17.6 Å². The van der Waals surface area contributed by atoms with E-state index in [0.717, 1.165) is 19.4 Å². The maximum atomic E-state index is 12.8. The topological polar surface area (TPSA) is 72.2 Å². The summed E-state index contributed by atoms with van der Waals surface area (Å²) in [5.41, 5.74) is 8.61. The van der Waals surface area contributed by atoms with Crippen LogP contribution in [0.3, 0.4) is 0 Å². The van der Waals surface area contributed by atoms with Crippen molar-refractivity contribution in [1.82, 2.24) is 0 Å². The summed E-state index contributed by atoms with van der Waals surface area (Å²) in [6.45, 7) is 2.86. The third kappa shape index (κ3) is 2.17. The minimum Gasteiger partial charge on any atom is -0.398 e. The number of hydrogen-bond acceptors (Lipinski definition) is 4. The Balaban J connectivity index is 2.14. The van der Waals surface area contributed by atoms with Crippen molar-refractivity contribution in [3.63, 3.8) is 0 Å². The molecule has 0 heterocycles. The summed E-state index contributed by atoms with van der Waals surface area (Å²) in [6.07, 6.45) is 2.05. The minimum absolute atomic E-state index is 0.142. The van der Waals surface area contributed by atoms with Gasteiger partial charge in [-0.1, -0.05) is 37.6 Å². The van der Waals surface area contributed by atoms with E-state index in [1.807, 2.05) is 0 Å². The Morgan fingerprint density at radius 1 is 0.955 bits per heavy atom. The zero-order valence-corrected chi connectivity index (χ0v) is 12.5. The van der Waals surface area contributed by atoms with Gasteiger partial charge in [0.15, 0.2) is 11.6 Å². The van der Waals surface area contributed by atoms with Gasteiger partial charge in [-0.2, -0.15) is 0 Å². The van der Waals surface area contributed by atoms with Crippen molar-refractivity contribution in [2.24, 2.45) is 0 Å². The van der Waals surface area contributed by atoms with Crippen molar-refractivity contribution in [2.45, 2.75) is 19.8 Å². The molecule has 3 rings (SSSR count). The number of rotatable bonds is 4. The normalized spacial score (nSPS) is 12.8. The van der Waals surface area contributed by atoms with Gasteiger partial charge in [0.1, 0.15) is 0 Å². The maximum absolute atomic E-state index is 12.8. The first-order valence-corrected chi connectivity index (χ1v) is 7.50. The van der Waals surface area contributed by atoms with Crippen LogP contribution in [0.2, 0.25) is 0 Å². The minimum atomic E-state index is -0.179. The largest absolute Gasteiger partial charge is 0.398 e. The lowest BCUT2D eigenvalue weighted by Gasteiger charge is -2.22. The molecule has 0 fully saturated rings. The number of nitrogens with one attached hydrogen (secondary N) is 1. The van der Waals surface area contributed by atoms with E-state index in [4.69, 9.17) is 5.73 Å². The van der Waals surface area contributed by atoms with Crippen LogP contribution in [-0.2, 0) is 0 Å². The lowest BCUT2D eigenvalue weighted by molar-refractivity contribution is 0.0980. The highest BCUT2D eigenvalue weighted by Crippen LogP contribution is 2.35. The number of hydrogen-bond donors (Lipinski definition) is 2. The van der Waals surface area contributed by atoms with E-state index in [1.54, 1.807) is 36.4 Å². The van der Waals surface area contributed by atoms with Crippen LogP contribution in [0.25, 0.3) is 0 Å². The molecule has 0 spiro atoms. The molecule has 0 amide bonds. The van der Waals surface area contributed by atoms with E-state index in [0.29, 0.717) is 33.6 Å². The number of carbonyl (C=O) groups excluding carboxylic acids is 2. The molecule has 1 aliphatic rings. The summed E-state index contributed by atoms with van der Waals surface area (Å²) < 4.78 is 0. The monoisotopic (exact) mass is 294 g/mol. The molecule has 0 aliphatic heterocycles. The van der Waals surface area contributed by atoms with Gasteiger partial charge >= 0.3 is 0 Å². The predicted molar refractivity (Wildman–Crippen MR) is 87.6 cm³/mol. The Kier molecular flexibility index (Phi) is 3.67. The number of ketones is 2. The van der Waals surface area contributed by atoms with Gasteiger partial charge in [-0.25, -0.2) is 0 Å². The molecule has 3 N–H and O–H groups in total. The van der Waals surface area contributed by atoms with Crippen LogP contribution in [0, 0.1) is 0 Å². The molecule has 22 heavy (non-hydrogen) atoms. The van der Waals surface area contributed by atoms with Crippen LogP contribution in [0.15, 0.2) is 36.4 Å². The third-order valence-electron chi connectivity index (χ3n) is 3.95. The highest BCUT2D eigenvalue weighted by molar-refractivity contribution is 6.31. The molecule has 0 atom stereocenters. The lowest BCUT2D eigenvalue weighted by Crippen LogP contribution is -2.24. The van der Waals surface area contributed by atoms with Crippen LogP contribution < -0.4 is 11.1 Å². The molecule has 2 aromatic carbocycles. The van der Waals surface area contributed by atoms with Crippen molar-refractivity contribution in [3.8, 4) is 0 Å². The van der Waals surface area contributed by atoms with Gasteiger partial charge in [0.05, 0.1) is 11.1 Å². The number of unbranched alkanes of at least 4 members (excludes halogenated alkanes) is 1. The van der Waals surface area contributed by atoms with E-state index < -0.39 is 0 Å². The predicted octanol–water partition coefficient (Wildman–Crippen LogP) is 3.26. The zero-order chi connectivity index (χ0) is 15.7. The Morgan fingerprint density at radius 3 is 2.23 bits per heavy atom. The molecule has 112 valence electrons. The average Bonchev–Trinajstić information content (AvgIpc) is 2.54. The fraction of sp³-hybridized carbons (Fsp3) is 0.222. The summed E-state index contributed by atoms with van der Waals surface area (Å²) in [6, 6.07) is 10.4. The third-order valence-corrected chi connectivity index (χ3v) is 3.95. The van der Waals surface area contributed by atoms with Crippen LogP contribution in [0.5, 0.6) is 0 Å². The van der Waals surface area contributed by atoms with Crippen molar-refractivity contribution >= 4 is 22.9 Å². The molecule has 0 bridgehead atoms. The maximum Gasteiger partial charge on any atom is 0.196 e. The molecular weight excluding hydrogens is 276 g/mol. The van der Waals surface area contributed by atoms with Crippen molar-refractivity contribution in [3.05, 3.63) is 58.7 Å². The number of carbonyl (C=O) groups is 2. The molecule has 4 heteroatoms. The van der Waals surface area contributed by atoms with Gasteiger partial charge < -0.3 is 11.1 Å².